The van der Waals surface area contributed by atoms with Gasteiger partial charge in [0.15, 0.2) is 5.11 Å². The highest BCUT2D eigenvalue weighted by atomic mass is 32.1. The zero-order valence-electron chi connectivity index (χ0n) is 14.9. The highest BCUT2D eigenvalue weighted by molar-refractivity contribution is 7.80. The SMILES string of the molecule is COc1ccccc1[C@H]1NC(=S)NC(C)=C1C(=O)Nc1ccc(C)cc1. The van der Waals surface area contributed by atoms with E-state index in [1.165, 1.54) is 0 Å². The van der Waals surface area contributed by atoms with E-state index in [9.17, 15) is 4.79 Å². The summed E-state index contributed by atoms with van der Waals surface area (Å²) in [6, 6.07) is 14.9. The summed E-state index contributed by atoms with van der Waals surface area (Å²) < 4.78 is 5.47. The third-order valence-corrected chi connectivity index (χ3v) is 4.49. The number of hydrogen-bond acceptors (Lipinski definition) is 3. The van der Waals surface area contributed by atoms with E-state index >= 15 is 0 Å². The minimum atomic E-state index is -0.398. The number of benzene rings is 2. The van der Waals surface area contributed by atoms with Crippen LogP contribution in [0.5, 0.6) is 5.75 Å². The topological polar surface area (TPSA) is 62.4 Å². The van der Waals surface area contributed by atoms with Crippen LogP contribution in [-0.4, -0.2) is 18.1 Å². The largest absolute Gasteiger partial charge is 0.496 e. The number of rotatable bonds is 4. The average molecular weight is 367 g/mol. The van der Waals surface area contributed by atoms with Crippen LogP contribution in [-0.2, 0) is 4.79 Å². The highest BCUT2D eigenvalue weighted by Gasteiger charge is 2.31. The third-order valence-electron chi connectivity index (χ3n) is 4.27. The fourth-order valence-electron chi connectivity index (χ4n) is 2.97. The molecule has 0 aromatic heterocycles. The van der Waals surface area contributed by atoms with E-state index in [4.69, 9.17) is 17.0 Å². The molecule has 3 rings (SSSR count). The van der Waals surface area contributed by atoms with Gasteiger partial charge in [0.2, 0.25) is 0 Å². The van der Waals surface area contributed by atoms with Crippen LogP contribution in [0, 0.1) is 6.92 Å². The van der Waals surface area contributed by atoms with Crippen molar-refractivity contribution in [3.8, 4) is 5.75 Å². The molecular weight excluding hydrogens is 346 g/mol. The standard InChI is InChI=1S/C20H21N3O2S/c1-12-8-10-14(11-9-12)22-19(24)17-13(2)21-20(26)23-18(17)15-6-4-5-7-16(15)25-3/h4-11,18H,1-3H3,(H,22,24)(H2,21,23,26)/t18-/m1/s1. The Hall–Kier alpha value is -2.86. The van der Waals surface area contributed by atoms with Gasteiger partial charge in [-0.3, -0.25) is 4.79 Å². The van der Waals surface area contributed by atoms with Crippen molar-refractivity contribution in [2.24, 2.45) is 0 Å². The van der Waals surface area contributed by atoms with Crippen LogP contribution in [0.15, 0.2) is 59.8 Å². The molecule has 2 aromatic carbocycles. The molecule has 2 aromatic rings. The van der Waals surface area contributed by atoms with Crippen LogP contribution in [0.25, 0.3) is 0 Å². The van der Waals surface area contributed by atoms with Crippen molar-refractivity contribution in [2.45, 2.75) is 19.9 Å². The maximum absolute atomic E-state index is 13.0. The lowest BCUT2D eigenvalue weighted by atomic mass is 9.94. The molecule has 1 heterocycles. The smallest absolute Gasteiger partial charge is 0.255 e. The number of ether oxygens (including phenoxy) is 1. The second kappa shape index (κ2) is 7.58. The molecule has 5 nitrogen and oxygen atoms in total. The first kappa shape index (κ1) is 17.9. The Morgan fingerprint density at radius 3 is 2.50 bits per heavy atom. The number of nitrogens with one attached hydrogen (secondary N) is 3. The Morgan fingerprint density at radius 2 is 1.81 bits per heavy atom. The zero-order valence-corrected chi connectivity index (χ0v) is 15.7. The average Bonchev–Trinajstić information content (AvgIpc) is 2.62. The molecule has 134 valence electrons. The molecule has 0 aliphatic carbocycles. The molecule has 6 heteroatoms. The number of hydrogen-bond donors (Lipinski definition) is 3. The summed E-state index contributed by atoms with van der Waals surface area (Å²) in [7, 11) is 1.61. The number of carbonyl (C=O) groups is 1. The Morgan fingerprint density at radius 1 is 1.12 bits per heavy atom. The van der Waals surface area contributed by atoms with Crippen molar-refractivity contribution in [3.05, 3.63) is 70.9 Å². The van der Waals surface area contributed by atoms with Gasteiger partial charge in [-0.05, 0) is 44.3 Å². The van der Waals surface area contributed by atoms with Gasteiger partial charge < -0.3 is 20.7 Å². The van der Waals surface area contributed by atoms with E-state index in [1.54, 1.807) is 7.11 Å². The number of aryl methyl sites for hydroxylation is 1. The molecule has 0 bridgehead atoms. The molecule has 1 aliphatic heterocycles. The van der Waals surface area contributed by atoms with E-state index in [0.717, 1.165) is 16.8 Å². The summed E-state index contributed by atoms with van der Waals surface area (Å²) in [5.74, 6) is 0.507. The molecule has 1 atom stereocenters. The lowest BCUT2D eigenvalue weighted by Crippen LogP contribution is -2.45. The van der Waals surface area contributed by atoms with Crippen molar-refractivity contribution in [3.63, 3.8) is 0 Å². The molecule has 3 N–H and O–H groups in total. The van der Waals surface area contributed by atoms with Crippen LogP contribution in [0.2, 0.25) is 0 Å². The van der Waals surface area contributed by atoms with Crippen molar-refractivity contribution < 1.29 is 9.53 Å². The quantitative estimate of drug-likeness (QED) is 0.723. The fourth-order valence-corrected chi connectivity index (χ4v) is 3.24. The lowest BCUT2D eigenvalue weighted by Gasteiger charge is -2.31. The zero-order chi connectivity index (χ0) is 18.7. The van der Waals surface area contributed by atoms with Gasteiger partial charge in [-0.15, -0.1) is 0 Å². The number of anilines is 1. The van der Waals surface area contributed by atoms with Crippen LogP contribution < -0.4 is 20.7 Å². The molecule has 1 aliphatic rings. The van der Waals surface area contributed by atoms with Crippen LogP contribution in [0.4, 0.5) is 5.69 Å². The predicted octanol–water partition coefficient (Wildman–Crippen LogP) is 3.44. The van der Waals surface area contributed by atoms with E-state index in [2.05, 4.69) is 16.0 Å². The predicted molar refractivity (Wildman–Crippen MR) is 107 cm³/mol. The summed E-state index contributed by atoms with van der Waals surface area (Å²) >= 11 is 5.29. The van der Waals surface area contributed by atoms with Crippen LogP contribution >= 0.6 is 12.2 Å². The lowest BCUT2D eigenvalue weighted by molar-refractivity contribution is -0.113. The molecule has 26 heavy (non-hydrogen) atoms. The normalized spacial score (nSPS) is 16.6. The van der Waals surface area contributed by atoms with Gasteiger partial charge >= 0.3 is 0 Å². The van der Waals surface area contributed by atoms with E-state index in [-0.39, 0.29) is 5.91 Å². The molecule has 0 spiro atoms. The highest BCUT2D eigenvalue weighted by Crippen LogP contribution is 2.33. The van der Waals surface area contributed by atoms with E-state index in [0.29, 0.717) is 22.1 Å². The van der Waals surface area contributed by atoms with Crippen LogP contribution in [0.3, 0.4) is 0 Å². The number of amides is 1. The molecule has 1 amide bonds. The third kappa shape index (κ3) is 3.70. The van der Waals surface area contributed by atoms with Crippen molar-refractivity contribution in [1.29, 1.82) is 0 Å². The number of allylic oxidation sites excluding steroid dienone is 1. The minimum Gasteiger partial charge on any atom is -0.496 e. The van der Waals surface area contributed by atoms with Gasteiger partial charge in [0.1, 0.15) is 5.75 Å². The van der Waals surface area contributed by atoms with E-state index < -0.39 is 6.04 Å². The van der Waals surface area contributed by atoms with Gasteiger partial charge in [-0.25, -0.2) is 0 Å². The molecule has 0 saturated carbocycles. The monoisotopic (exact) mass is 367 g/mol. The Labute approximate surface area is 158 Å². The van der Waals surface area contributed by atoms with Crippen LogP contribution in [0.1, 0.15) is 24.1 Å². The molecule has 0 unspecified atom stereocenters. The second-order valence-corrected chi connectivity index (χ2v) is 6.54. The van der Waals surface area contributed by atoms with Crippen molar-refractivity contribution >= 4 is 28.9 Å². The first-order chi connectivity index (χ1) is 12.5. The molecule has 0 radical (unpaired) electrons. The number of para-hydroxylation sites is 1. The molecule has 0 fully saturated rings. The molecular formula is C20H21N3O2S. The summed E-state index contributed by atoms with van der Waals surface area (Å²) in [4.78, 5) is 13.0. The first-order valence-electron chi connectivity index (χ1n) is 8.29. The maximum Gasteiger partial charge on any atom is 0.255 e. The number of thiocarbonyl (C=S) groups is 1. The van der Waals surface area contributed by atoms with Crippen molar-refractivity contribution in [2.75, 3.05) is 12.4 Å². The second-order valence-electron chi connectivity index (χ2n) is 6.13. The number of methoxy groups -OCH3 is 1. The van der Waals surface area contributed by atoms with Gasteiger partial charge in [-0.1, -0.05) is 35.9 Å². The Kier molecular flexibility index (Phi) is 5.23. The summed E-state index contributed by atoms with van der Waals surface area (Å²) in [5, 5.41) is 9.66. The van der Waals surface area contributed by atoms with Gasteiger partial charge in [0.05, 0.1) is 18.7 Å². The Balaban J connectivity index is 1.97. The maximum atomic E-state index is 13.0. The number of carbonyl (C=O) groups excluding carboxylic acids is 1. The summed E-state index contributed by atoms with van der Waals surface area (Å²) in [6.07, 6.45) is 0. The summed E-state index contributed by atoms with van der Waals surface area (Å²) in [5.41, 5.74) is 4.02. The fraction of sp³-hybridized carbons (Fsp3) is 0.200. The Bertz CT molecular complexity index is 875. The van der Waals surface area contributed by atoms with Gasteiger partial charge in [-0.2, -0.15) is 0 Å². The van der Waals surface area contributed by atoms with Crippen molar-refractivity contribution in [1.82, 2.24) is 10.6 Å². The minimum absolute atomic E-state index is 0.190. The van der Waals surface area contributed by atoms with Gasteiger partial charge in [0.25, 0.3) is 5.91 Å². The van der Waals surface area contributed by atoms with E-state index in [1.807, 2.05) is 62.4 Å². The first-order valence-corrected chi connectivity index (χ1v) is 8.69. The summed E-state index contributed by atoms with van der Waals surface area (Å²) in [6.45, 7) is 3.85. The molecule has 0 saturated heterocycles. The van der Waals surface area contributed by atoms with Gasteiger partial charge in [0, 0.05) is 16.9 Å².